The van der Waals surface area contributed by atoms with Gasteiger partial charge in [0.1, 0.15) is 0 Å². The lowest BCUT2D eigenvalue weighted by atomic mass is 10.1. The van der Waals surface area contributed by atoms with Crippen LogP contribution in [0.25, 0.3) is 0 Å². The molecule has 1 aliphatic heterocycles. The van der Waals surface area contributed by atoms with Gasteiger partial charge in [-0.25, -0.2) is 4.79 Å². The lowest BCUT2D eigenvalue weighted by molar-refractivity contribution is 0.0693. The Hall–Kier alpha value is -1.82. The van der Waals surface area contributed by atoms with Gasteiger partial charge >= 0.3 is 5.97 Å². The average molecular weight is 366 g/mol. The predicted octanol–water partition coefficient (Wildman–Crippen LogP) is 3.41. The van der Waals surface area contributed by atoms with Crippen LogP contribution in [-0.2, 0) is 6.54 Å². The van der Waals surface area contributed by atoms with E-state index in [0.717, 1.165) is 31.9 Å². The molecule has 1 aromatic carbocycles. The van der Waals surface area contributed by atoms with E-state index in [1.54, 1.807) is 24.4 Å². The molecule has 1 aromatic heterocycles. The summed E-state index contributed by atoms with van der Waals surface area (Å²) in [5.41, 5.74) is 1.80. The van der Waals surface area contributed by atoms with Crippen LogP contribution in [0, 0.1) is 0 Å². The highest BCUT2D eigenvalue weighted by atomic mass is 35.5. The van der Waals surface area contributed by atoms with E-state index in [1.165, 1.54) is 0 Å². The molecule has 0 radical (unpaired) electrons. The van der Waals surface area contributed by atoms with E-state index < -0.39 is 5.97 Å². The summed E-state index contributed by atoms with van der Waals surface area (Å²) in [4.78, 5) is 19.9. The predicted molar refractivity (Wildman–Crippen MR) is 95.1 cm³/mol. The molecule has 1 saturated heterocycles. The molecule has 24 heavy (non-hydrogen) atoms. The molecular formula is C17H17Cl2N3O2. The first kappa shape index (κ1) is 17.0. The van der Waals surface area contributed by atoms with Gasteiger partial charge < -0.3 is 10.0 Å². The highest BCUT2D eigenvalue weighted by Crippen LogP contribution is 2.32. The fourth-order valence-corrected chi connectivity index (χ4v) is 3.27. The molecule has 1 N–H and O–H groups in total. The third-order valence-electron chi connectivity index (χ3n) is 4.14. The number of aromatic carboxylic acids is 1. The summed E-state index contributed by atoms with van der Waals surface area (Å²) >= 11 is 12.4. The summed E-state index contributed by atoms with van der Waals surface area (Å²) in [6.07, 6.45) is 1.63. The number of anilines is 1. The molecule has 2 aromatic rings. The van der Waals surface area contributed by atoms with Crippen molar-refractivity contribution in [3.63, 3.8) is 0 Å². The zero-order valence-corrected chi connectivity index (χ0v) is 14.5. The third kappa shape index (κ3) is 3.64. The van der Waals surface area contributed by atoms with Crippen LogP contribution in [0.4, 0.5) is 5.69 Å². The third-order valence-corrected chi connectivity index (χ3v) is 4.95. The molecule has 2 heterocycles. The minimum absolute atomic E-state index is 0.262. The Labute approximate surface area is 150 Å². The van der Waals surface area contributed by atoms with Gasteiger partial charge in [-0.2, -0.15) is 0 Å². The van der Waals surface area contributed by atoms with Crippen molar-refractivity contribution in [1.29, 1.82) is 0 Å². The minimum Gasteiger partial charge on any atom is -0.478 e. The highest BCUT2D eigenvalue weighted by Gasteiger charge is 2.21. The van der Waals surface area contributed by atoms with Crippen molar-refractivity contribution in [2.24, 2.45) is 0 Å². The number of hydrogen-bond acceptors (Lipinski definition) is 4. The number of carboxylic acid groups (broad SMARTS) is 1. The zero-order chi connectivity index (χ0) is 17.1. The normalized spacial score (nSPS) is 15.5. The molecule has 0 spiro atoms. The number of aromatic nitrogens is 1. The number of piperazine rings is 1. The fraction of sp³-hybridized carbons (Fsp3) is 0.294. The maximum absolute atomic E-state index is 11.3. The number of rotatable bonds is 4. The number of benzene rings is 1. The first-order chi connectivity index (χ1) is 11.6. The van der Waals surface area contributed by atoms with E-state index in [-0.39, 0.29) is 5.56 Å². The lowest BCUT2D eigenvalue weighted by Gasteiger charge is -2.36. The molecule has 1 aliphatic rings. The second-order valence-electron chi connectivity index (χ2n) is 5.64. The van der Waals surface area contributed by atoms with Gasteiger partial charge in [-0.15, -0.1) is 0 Å². The van der Waals surface area contributed by atoms with E-state index >= 15 is 0 Å². The fourth-order valence-electron chi connectivity index (χ4n) is 2.85. The maximum atomic E-state index is 11.3. The quantitative estimate of drug-likeness (QED) is 0.899. The standard InChI is InChI=1S/C17H17Cl2N3O2/c18-13-4-1-5-15(16(13)19)22-9-7-21(8-10-22)11-14-12(17(23)24)3-2-6-20-14/h1-6H,7-11H2,(H,23,24). The molecule has 126 valence electrons. The van der Waals surface area contributed by atoms with Crippen LogP contribution in [-0.4, -0.2) is 47.1 Å². The number of carboxylic acids is 1. The molecule has 1 fully saturated rings. The molecule has 0 unspecified atom stereocenters. The number of hydrogen-bond donors (Lipinski definition) is 1. The Balaban J connectivity index is 1.66. The molecule has 0 atom stereocenters. The molecular weight excluding hydrogens is 349 g/mol. The monoisotopic (exact) mass is 365 g/mol. The first-order valence-corrected chi connectivity index (χ1v) is 8.40. The Bertz CT molecular complexity index is 746. The molecule has 3 rings (SSSR count). The molecule has 0 amide bonds. The highest BCUT2D eigenvalue weighted by molar-refractivity contribution is 6.43. The summed E-state index contributed by atoms with van der Waals surface area (Å²) < 4.78 is 0. The van der Waals surface area contributed by atoms with E-state index in [9.17, 15) is 9.90 Å². The van der Waals surface area contributed by atoms with Crippen molar-refractivity contribution in [1.82, 2.24) is 9.88 Å². The van der Waals surface area contributed by atoms with Crippen LogP contribution < -0.4 is 4.90 Å². The van der Waals surface area contributed by atoms with E-state index in [2.05, 4.69) is 14.8 Å². The average Bonchev–Trinajstić information content (AvgIpc) is 2.58. The van der Waals surface area contributed by atoms with Crippen LogP contribution in [0.3, 0.4) is 0 Å². The summed E-state index contributed by atoms with van der Waals surface area (Å²) in [5, 5.41) is 10.4. The maximum Gasteiger partial charge on any atom is 0.337 e. The smallest absolute Gasteiger partial charge is 0.337 e. The second kappa shape index (κ2) is 7.38. The first-order valence-electron chi connectivity index (χ1n) is 7.65. The largest absolute Gasteiger partial charge is 0.478 e. The van der Waals surface area contributed by atoms with Crippen molar-refractivity contribution in [3.8, 4) is 0 Å². The summed E-state index contributed by atoms with van der Waals surface area (Å²) in [7, 11) is 0. The topological polar surface area (TPSA) is 56.7 Å². The number of pyridine rings is 1. The van der Waals surface area contributed by atoms with Gasteiger partial charge in [0.25, 0.3) is 0 Å². The molecule has 0 bridgehead atoms. The SMILES string of the molecule is O=C(O)c1cccnc1CN1CCN(c2cccc(Cl)c2Cl)CC1. The summed E-state index contributed by atoms with van der Waals surface area (Å²) in [5.74, 6) is -0.942. The van der Waals surface area contributed by atoms with Crippen LogP contribution >= 0.6 is 23.2 Å². The van der Waals surface area contributed by atoms with Gasteiger partial charge in [-0.3, -0.25) is 9.88 Å². The molecule has 7 heteroatoms. The Morgan fingerprint density at radius 3 is 2.58 bits per heavy atom. The van der Waals surface area contributed by atoms with Gasteiger partial charge in [0, 0.05) is 38.9 Å². The Morgan fingerprint density at radius 1 is 1.12 bits per heavy atom. The van der Waals surface area contributed by atoms with Gasteiger partial charge in [0.15, 0.2) is 0 Å². The van der Waals surface area contributed by atoms with Crippen LogP contribution in [0.2, 0.25) is 10.0 Å². The van der Waals surface area contributed by atoms with Crippen molar-refractivity contribution in [2.75, 3.05) is 31.1 Å². The minimum atomic E-state index is -0.942. The summed E-state index contributed by atoms with van der Waals surface area (Å²) in [6.45, 7) is 3.74. The van der Waals surface area contributed by atoms with Crippen molar-refractivity contribution in [2.45, 2.75) is 6.54 Å². The van der Waals surface area contributed by atoms with E-state index in [1.807, 2.05) is 12.1 Å². The lowest BCUT2D eigenvalue weighted by Crippen LogP contribution is -2.46. The molecule has 0 aliphatic carbocycles. The van der Waals surface area contributed by atoms with E-state index in [4.69, 9.17) is 23.2 Å². The van der Waals surface area contributed by atoms with Crippen LogP contribution in [0.15, 0.2) is 36.5 Å². The number of halogens is 2. The van der Waals surface area contributed by atoms with Gasteiger partial charge in [-0.05, 0) is 24.3 Å². The van der Waals surface area contributed by atoms with Crippen LogP contribution in [0.1, 0.15) is 16.1 Å². The van der Waals surface area contributed by atoms with Gasteiger partial charge in [-0.1, -0.05) is 29.3 Å². The number of nitrogens with zero attached hydrogens (tertiary/aromatic N) is 3. The zero-order valence-electron chi connectivity index (χ0n) is 13.0. The number of carbonyl (C=O) groups is 1. The van der Waals surface area contributed by atoms with Crippen molar-refractivity contribution >= 4 is 34.9 Å². The molecule has 5 nitrogen and oxygen atoms in total. The Morgan fingerprint density at radius 2 is 1.88 bits per heavy atom. The summed E-state index contributed by atoms with van der Waals surface area (Å²) in [6, 6.07) is 8.87. The Kier molecular flexibility index (Phi) is 5.23. The van der Waals surface area contributed by atoms with Crippen molar-refractivity contribution < 1.29 is 9.90 Å². The van der Waals surface area contributed by atoms with E-state index in [0.29, 0.717) is 22.3 Å². The second-order valence-corrected chi connectivity index (χ2v) is 6.42. The van der Waals surface area contributed by atoms with Crippen LogP contribution in [0.5, 0.6) is 0 Å². The van der Waals surface area contributed by atoms with Gasteiger partial charge in [0.2, 0.25) is 0 Å². The van der Waals surface area contributed by atoms with Crippen molar-refractivity contribution in [3.05, 3.63) is 57.8 Å². The molecule has 0 saturated carbocycles. The van der Waals surface area contributed by atoms with Gasteiger partial charge in [0.05, 0.1) is 27.0 Å².